The Morgan fingerprint density at radius 2 is 1.80 bits per heavy atom. The molecule has 1 atom stereocenters. The smallest absolute Gasteiger partial charge is 0.240 e. The first-order valence-corrected chi connectivity index (χ1v) is 6.48. The van der Waals surface area contributed by atoms with E-state index < -0.39 is 23.2 Å². The Bertz CT molecular complexity index is 470. The van der Waals surface area contributed by atoms with E-state index in [2.05, 4.69) is 5.32 Å². The summed E-state index contributed by atoms with van der Waals surface area (Å²) in [7, 11) is 0. The molecule has 3 nitrogen and oxygen atoms in total. The molecule has 1 aromatic carbocycles. The molecular formula is C14H19ClF2N2O. The number of nitrogens with one attached hydrogen (secondary N) is 1. The number of carbonyl (C=O) groups excluding carboxylic acids is 1. The summed E-state index contributed by atoms with van der Waals surface area (Å²) in [6.45, 7) is 1.55. The minimum absolute atomic E-state index is 0. The van der Waals surface area contributed by atoms with E-state index in [1.807, 2.05) is 0 Å². The van der Waals surface area contributed by atoms with Crippen molar-refractivity contribution in [3.63, 3.8) is 0 Å². The highest BCUT2D eigenvalue weighted by Gasteiger charge is 2.37. The van der Waals surface area contributed by atoms with Gasteiger partial charge in [-0.15, -0.1) is 12.4 Å². The number of hydrogen-bond acceptors (Lipinski definition) is 2. The summed E-state index contributed by atoms with van der Waals surface area (Å²) >= 11 is 0. The van der Waals surface area contributed by atoms with Crippen molar-refractivity contribution in [3.05, 3.63) is 35.4 Å². The van der Waals surface area contributed by atoms with Gasteiger partial charge >= 0.3 is 0 Å². The van der Waals surface area contributed by atoms with Gasteiger partial charge in [0.15, 0.2) is 0 Å². The lowest BCUT2D eigenvalue weighted by Crippen LogP contribution is -2.52. The van der Waals surface area contributed by atoms with E-state index in [0.717, 1.165) is 12.8 Å². The van der Waals surface area contributed by atoms with Crippen LogP contribution in [0.4, 0.5) is 8.78 Å². The van der Waals surface area contributed by atoms with Crippen LogP contribution in [0.25, 0.3) is 0 Å². The fourth-order valence-corrected chi connectivity index (χ4v) is 2.57. The standard InChI is InChI=1S/C14H18F2N2O.ClH/c1-9(12-10(15)5-4-6-11(12)16)18-13(19)14(17)7-2-3-8-14;/h4-6,9H,2-3,7-8,17H2,1H3,(H,18,19);1H. The fraction of sp³-hybridized carbons (Fsp3) is 0.500. The molecule has 1 fully saturated rings. The minimum Gasteiger partial charge on any atom is -0.348 e. The molecular weight excluding hydrogens is 286 g/mol. The summed E-state index contributed by atoms with van der Waals surface area (Å²) in [4.78, 5) is 12.1. The first-order chi connectivity index (χ1) is 8.94. The lowest BCUT2D eigenvalue weighted by atomic mass is 9.97. The van der Waals surface area contributed by atoms with Crippen LogP contribution in [0.1, 0.15) is 44.2 Å². The quantitative estimate of drug-likeness (QED) is 0.902. The van der Waals surface area contributed by atoms with Crippen molar-refractivity contribution >= 4 is 18.3 Å². The monoisotopic (exact) mass is 304 g/mol. The summed E-state index contributed by atoms with van der Waals surface area (Å²) in [5.41, 5.74) is 4.99. The first kappa shape index (κ1) is 16.9. The molecule has 0 bridgehead atoms. The second kappa shape index (κ2) is 6.50. The second-order valence-electron chi connectivity index (χ2n) is 5.19. The number of amides is 1. The predicted octanol–water partition coefficient (Wildman–Crippen LogP) is 2.84. The van der Waals surface area contributed by atoms with Crippen LogP contribution in [0.3, 0.4) is 0 Å². The summed E-state index contributed by atoms with van der Waals surface area (Å²) in [6, 6.07) is 2.91. The van der Waals surface area contributed by atoms with Crippen LogP contribution in [0.2, 0.25) is 0 Å². The lowest BCUT2D eigenvalue weighted by Gasteiger charge is -2.25. The average Bonchev–Trinajstić information content (AvgIpc) is 2.77. The molecule has 6 heteroatoms. The third kappa shape index (κ3) is 3.27. The Balaban J connectivity index is 0.00000200. The normalized spacial score (nSPS) is 18.2. The van der Waals surface area contributed by atoms with Crippen LogP contribution in [-0.4, -0.2) is 11.4 Å². The Labute approximate surface area is 123 Å². The van der Waals surface area contributed by atoms with E-state index >= 15 is 0 Å². The molecule has 1 amide bonds. The molecule has 1 saturated carbocycles. The number of hydrogen-bond donors (Lipinski definition) is 2. The maximum atomic E-state index is 13.6. The second-order valence-corrected chi connectivity index (χ2v) is 5.19. The summed E-state index contributed by atoms with van der Waals surface area (Å²) in [6.07, 6.45) is 3.05. The van der Waals surface area contributed by atoms with E-state index in [9.17, 15) is 13.6 Å². The van der Waals surface area contributed by atoms with Gasteiger partial charge in [-0.1, -0.05) is 18.9 Å². The van der Waals surface area contributed by atoms with Gasteiger partial charge in [0.05, 0.1) is 11.6 Å². The van der Waals surface area contributed by atoms with Crippen molar-refractivity contribution in [3.8, 4) is 0 Å². The Kier molecular flexibility index (Phi) is 5.48. The van der Waals surface area contributed by atoms with Gasteiger partial charge in [-0.05, 0) is 31.9 Å². The third-order valence-electron chi connectivity index (χ3n) is 3.73. The summed E-state index contributed by atoms with van der Waals surface area (Å²) < 4.78 is 27.2. The van der Waals surface area contributed by atoms with Crippen LogP contribution >= 0.6 is 12.4 Å². The third-order valence-corrected chi connectivity index (χ3v) is 3.73. The van der Waals surface area contributed by atoms with Crippen molar-refractivity contribution in [1.82, 2.24) is 5.32 Å². The van der Waals surface area contributed by atoms with Crippen LogP contribution < -0.4 is 11.1 Å². The van der Waals surface area contributed by atoms with Gasteiger partial charge in [-0.3, -0.25) is 4.79 Å². The molecule has 1 aromatic rings. The van der Waals surface area contributed by atoms with Crippen molar-refractivity contribution < 1.29 is 13.6 Å². The maximum Gasteiger partial charge on any atom is 0.240 e. The van der Waals surface area contributed by atoms with Crippen LogP contribution in [0.5, 0.6) is 0 Å². The highest BCUT2D eigenvalue weighted by atomic mass is 35.5. The largest absolute Gasteiger partial charge is 0.348 e. The minimum atomic E-state index is -0.893. The van der Waals surface area contributed by atoms with Crippen molar-refractivity contribution in [2.24, 2.45) is 5.73 Å². The van der Waals surface area contributed by atoms with E-state index in [1.54, 1.807) is 6.92 Å². The zero-order valence-electron chi connectivity index (χ0n) is 11.3. The number of rotatable bonds is 3. The van der Waals surface area contributed by atoms with Gasteiger partial charge in [0.1, 0.15) is 11.6 Å². The van der Waals surface area contributed by atoms with Crippen molar-refractivity contribution in [1.29, 1.82) is 0 Å². The molecule has 1 aliphatic carbocycles. The zero-order chi connectivity index (χ0) is 14.0. The molecule has 112 valence electrons. The molecule has 0 spiro atoms. The van der Waals surface area contributed by atoms with Gasteiger partial charge in [0.2, 0.25) is 5.91 Å². The molecule has 2 rings (SSSR count). The fourth-order valence-electron chi connectivity index (χ4n) is 2.57. The van der Waals surface area contributed by atoms with E-state index in [4.69, 9.17) is 5.73 Å². The van der Waals surface area contributed by atoms with Crippen LogP contribution in [0.15, 0.2) is 18.2 Å². The molecule has 3 N–H and O–H groups in total. The van der Waals surface area contributed by atoms with E-state index in [0.29, 0.717) is 12.8 Å². The van der Waals surface area contributed by atoms with Gasteiger partial charge in [-0.25, -0.2) is 8.78 Å². The number of benzene rings is 1. The van der Waals surface area contributed by atoms with Crippen molar-refractivity contribution in [2.75, 3.05) is 0 Å². The van der Waals surface area contributed by atoms with Crippen LogP contribution in [-0.2, 0) is 4.79 Å². The SMILES string of the molecule is CC(NC(=O)C1(N)CCCC1)c1c(F)cccc1F.Cl. The number of carbonyl (C=O) groups is 1. The predicted molar refractivity (Wildman–Crippen MR) is 75.6 cm³/mol. The van der Waals surface area contributed by atoms with Gasteiger partial charge in [0, 0.05) is 5.56 Å². The topological polar surface area (TPSA) is 55.1 Å². The highest BCUT2D eigenvalue weighted by Crippen LogP contribution is 2.28. The number of halogens is 3. The summed E-state index contributed by atoms with van der Waals surface area (Å²) in [5, 5.41) is 2.62. The van der Waals surface area contributed by atoms with E-state index in [1.165, 1.54) is 18.2 Å². The number of nitrogens with two attached hydrogens (primary N) is 1. The first-order valence-electron chi connectivity index (χ1n) is 6.48. The zero-order valence-corrected chi connectivity index (χ0v) is 12.1. The maximum absolute atomic E-state index is 13.6. The molecule has 0 aromatic heterocycles. The molecule has 1 aliphatic rings. The molecule has 0 heterocycles. The highest BCUT2D eigenvalue weighted by molar-refractivity contribution is 5.86. The average molecular weight is 305 g/mol. The molecule has 1 unspecified atom stereocenters. The lowest BCUT2D eigenvalue weighted by molar-refractivity contribution is -0.126. The Hall–Kier alpha value is -1.20. The molecule has 0 radical (unpaired) electrons. The Morgan fingerprint density at radius 3 is 2.30 bits per heavy atom. The summed E-state index contributed by atoms with van der Waals surface area (Å²) in [5.74, 6) is -1.66. The van der Waals surface area contributed by atoms with Crippen molar-refractivity contribution in [2.45, 2.75) is 44.2 Å². The molecule has 20 heavy (non-hydrogen) atoms. The van der Waals surface area contributed by atoms with E-state index in [-0.39, 0.29) is 23.9 Å². The van der Waals surface area contributed by atoms with Gasteiger partial charge in [0.25, 0.3) is 0 Å². The molecule has 0 saturated heterocycles. The van der Waals surface area contributed by atoms with Crippen LogP contribution in [0, 0.1) is 11.6 Å². The van der Waals surface area contributed by atoms with Gasteiger partial charge in [-0.2, -0.15) is 0 Å². The molecule has 0 aliphatic heterocycles. The Morgan fingerprint density at radius 1 is 1.30 bits per heavy atom. The van der Waals surface area contributed by atoms with Gasteiger partial charge < -0.3 is 11.1 Å².